The summed E-state index contributed by atoms with van der Waals surface area (Å²) < 4.78 is 0. The Balaban J connectivity index is 2.51. The summed E-state index contributed by atoms with van der Waals surface area (Å²) >= 11 is 0. The molecule has 0 spiro atoms. The summed E-state index contributed by atoms with van der Waals surface area (Å²) in [7, 11) is 0. The molecule has 14 heavy (non-hydrogen) atoms. The van der Waals surface area contributed by atoms with Gasteiger partial charge in [0.25, 0.3) is 0 Å². The van der Waals surface area contributed by atoms with Crippen molar-refractivity contribution in [3.8, 4) is 0 Å². The Kier molecular flexibility index (Phi) is 3.93. The largest absolute Gasteiger partial charge is 0.354 e. The fourth-order valence-corrected chi connectivity index (χ4v) is 2.10. The van der Waals surface area contributed by atoms with E-state index in [-0.39, 0.29) is 23.9 Å². The van der Waals surface area contributed by atoms with Crippen LogP contribution in [0, 0.1) is 11.8 Å². The van der Waals surface area contributed by atoms with Gasteiger partial charge in [0.1, 0.15) is 0 Å². The Hall–Kier alpha value is -0.570. The van der Waals surface area contributed by atoms with E-state index < -0.39 is 0 Å². The van der Waals surface area contributed by atoms with Gasteiger partial charge in [0.05, 0.1) is 5.92 Å². The summed E-state index contributed by atoms with van der Waals surface area (Å²) in [6.07, 6.45) is 3.09. The summed E-state index contributed by atoms with van der Waals surface area (Å²) in [5.41, 5.74) is 5.96. The Morgan fingerprint density at radius 1 is 1.43 bits per heavy atom. The maximum Gasteiger partial charge on any atom is 0.224 e. The number of amides is 1. The van der Waals surface area contributed by atoms with E-state index in [4.69, 9.17) is 5.73 Å². The minimum absolute atomic E-state index is 0.0288. The molecule has 82 valence electrons. The van der Waals surface area contributed by atoms with Gasteiger partial charge in [-0.05, 0) is 39.0 Å². The zero-order chi connectivity index (χ0) is 10.7. The summed E-state index contributed by atoms with van der Waals surface area (Å²) in [5, 5.41) is 2.94. The number of rotatable bonds is 2. The average Bonchev–Trinajstić information content (AvgIpc) is 2.08. The smallest absolute Gasteiger partial charge is 0.224 e. The molecule has 3 heteroatoms. The summed E-state index contributed by atoms with van der Waals surface area (Å²) in [5.74, 6) is 0.804. The van der Waals surface area contributed by atoms with Crippen LogP contribution in [0.15, 0.2) is 0 Å². The van der Waals surface area contributed by atoms with Crippen LogP contribution in [0.3, 0.4) is 0 Å². The normalized spacial score (nSPS) is 33.1. The van der Waals surface area contributed by atoms with E-state index in [0.717, 1.165) is 19.3 Å². The standard InChI is InChI=1S/C11H22N2O/c1-7(2)13-11(14)9-6-8(3)4-5-10(9)12/h7-10H,4-6,12H2,1-3H3,(H,13,14). The second-order valence-corrected chi connectivity index (χ2v) is 4.85. The molecular weight excluding hydrogens is 176 g/mol. The molecule has 0 aliphatic heterocycles. The summed E-state index contributed by atoms with van der Waals surface area (Å²) in [6, 6.07) is 0.275. The highest BCUT2D eigenvalue weighted by Crippen LogP contribution is 2.27. The van der Waals surface area contributed by atoms with Gasteiger partial charge in [0, 0.05) is 12.1 Å². The maximum atomic E-state index is 11.8. The van der Waals surface area contributed by atoms with E-state index >= 15 is 0 Å². The number of carbonyl (C=O) groups excluding carboxylic acids is 1. The first-order valence-corrected chi connectivity index (χ1v) is 5.56. The molecule has 0 heterocycles. The quantitative estimate of drug-likeness (QED) is 0.702. The zero-order valence-corrected chi connectivity index (χ0v) is 9.42. The molecule has 1 saturated carbocycles. The van der Waals surface area contributed by atoms with Crippen molar-refractivity contribution in [2.24, 2.45) is 17.6 Å². The van der Waals surface area contributed by atoms with Gasteiger partial charge in [-0.2, -0.15) is 0 Å². The molecule has 3 nitrogen and oxygen atoms in total. The van der Waals surface area contributed by atoms with Crippen molar-refractivity contribution in [2.45, 2.75) is 52.1 Å². The third-order valence-electron chi connectivity index (χ3n) is 2.93. The lowest BCUT2D eigenvalue weighted by Gasteiger charge is -2.31. The van der Waals surface area contributed by atoms with E-state index in [1.807, 2.05) is 13.8 Å². The topological polar surface area (TPSA) is 55.1 Å². The van der Waals surface area contributed by atoms with Crippen molar-refractivity contribution < 1.29 is 4.79 Å². The van der Waals surface area contributed by atoms with E-state index in [1.165, 1.54) is 0 Å². The van der Waals surface area contributed by atoms with Crippen LogP contribution >= 0.6 is 0 Å². The second kappa shape index (κ2) is 4.78. The third kappa shape index (κ3) is 2.98. The molecule has 1 aliphatic rings. The van der Waals surface area contributed by atoms with Crippen LogP contribution in [-0.2, 0) is 4.79 Å². The molecule has 0 aromatic rings. The lowest BCUT2D eigenvalue weighted by Crippen LogP contribution is -2.46. The molecule has 0 aromatic carbocycles. The van der Waals surface area contributed by atoms with E-state index in [1.54, 1.807) is 0 Å². The summed E-state index contributed by atoms with van der Waals surface area (Å²) in [4.78, 5) is 11.8. The maximum absolute atomic E-state index is 11.8. The zero-order valence-electron chi connectivity index (χ0n) is 9.42. The molecular formula is C11H22N2O. The molecule has 0 bridgehead atoms. The molecule has 1 aliphatic carbocycles. The van der Waals surface area contributed by atoms with Crippen molar-refractivity contribution >= 4 is 5.91 Å². The molecule has 3 N–H and O–H groups in total. The lowest BCUT2D eigenvalue weighted by molar-refractivity contribution is -0.127. The summed E-state index contributed by atoms with van der Waals surface area (Å²) in [6.45, 7) is 6.16. The highest BCUT2D eigenvalue weighted by Gasteiger charge is 2.31. The SMILES string of the molecule is CC1CCC(N)C(C(=O)NC(C)C)C1. The van der Waals surface area contributed by atoms with Crippen LogP contribution in [0.25, 0.3) is 0 Å². The Morgan fingerprint density at radius 3 is 2.64 bits per heavy atom. The number of nitrogens with two attached hydrogens (primary N) is 1. The van der Waals surface area contributed by atoms with Gasteiger partial charge in [-0.15, -0.1) is 0 Å². The Bertz CT molecular complexity index is 203. The molecule has 1 fully saturated rings. The predicted molar refractivity (Wildman–Crippen MR) is 57.8 cm³/mol. The van der Waals surface area contributed by atoms with Crippen molar-refractivity contribution in [3.05, 3.63) is 0 Å². The monoisotopic (exact) mass is 198 g/mol. The van der Waals surface area contributed by atoms with E-state index in [2.05, 4.69) is 12.2 Å². The first-order chi connectivity index (χ1) is 6.50. The average molecular weight is 198 g/mol. The lowest BCUT2D eigenvalue weighted by atomic mass is 9.78. The number of hydrogen-bond donors (Lipinski definition) is 2. The number of hydrogen-bond acceptors (Lipinski definition) is 2. The first-order valence-electron chi connectivity index (χ1n) is 5.56. The van der Waals surface area contributed by atoms with Gasteiger partial charge in [0.2, 0.25) is 5.91 Å². The fraction of sp³-hybridized carbons (Fsp3) is 0.909. The Morgan fingerprint density at radius 2 is 2.07 bits per heavy atom. The van der Waals surface area contributed by atoms with Crippen molar-refractivity contribution in [2.75, 3.05) is 0 Å². The number of carbonyl (C=O) groups is 1. The van der Waals surface area contributed by atoms with Crippen LogP contribution in [0.2, 0.25) is 0 Å². The second-order valence-electron chi connectivity index (χ2n) is 4.85. The van der Waals surface area contributed by atoms with Crippen molar-refractivity contribution in [1.82, 2.24) is 5.32 Å². The molecule has 0 saturated heterocycles. The molecule has 1 amide bonds. The fourth-order valence-electron chi connectivity index (χ4n) is 2.10. The van der Waals surface area contributed by atoms with Crippen LogP contribution < -0.4 is 11.1 Å². The molecule has 3 unspecified atom stereocenters. The predicted octanol–water partition coefficient (Wildman–Crippen LogP) is 1.27. The van der Waals surface area contributed by atoms with Gasteiger partial charge in [0.15, 0.2) is 0 Å². The van der Waals surface area contributed by atoms with Crippen molar-refractivity contribution in [3.63, 3.8) is 0 Å². The first kappa shape index (κ1) is 11.5. The van der Waals surface area contributed by atoms with Crippen LogP contribution in [0.4, 0.5) is 0 Å². The van der Waals surface area contributed by atoms with Gasteiger partial charge < -0.3 is 11.1 Å². The molecule has 3 atom stereocenters. The van der Waals surface area contributed by atoms with E-state index in [0.29, 0.717) is 5.92 Å². The Labute approximate surface area is 86.4 Å². The van der Waals surface area contributed by atoms with Gasteiger partial charge in [-0.3, -0.25) is 4.79 Å². The minimum Gasteiger partial charge on any atom is -0.354 e. The van der Waals surface area contributed by atoms with Gasteiger partial charge in [-0.25, -0.2) is 0 Å². The van der Waals surface area contributed by atoms with Crippen LogP contribution in [0.5, 0.6) is 0 Å². The minimum atomic E-state index is 0.0288. The highest BCUT2D eigenvalue weighted by molar-refractivity contribution is 5.79. The third-order valence-corrected chi connectivity index (χ3v) is 2.93. The van der Waals surface area contributed by atoms with E-state index in [9.17, 15) is 4.79 Å². The van der Waals surface area contributed by atoms with Crippen LogP contribution in [-0.4, -0.2) is 18.0 Å². The van der Waals surface area contributed by atoms with Crippen LogP contribution in [0.1, 0.15) is 40.0 Å². The highest BCUT2D eigenvalue weighted by atomic mass is 16.2. The van der Waals surface area contributed by atoms with Crippen molar-refractivity contribution in [1.29, 1.82) is 0 Å². The van der Waals surface area contributed by atoms with Gasteiger partial charge >= 0.3 is 0 Å². The molecule has 0 radical (unpaired) electrons. The molecule has 1 rings (SSSR count). The van der Waals surface area contributed by atoms with Gasteiger partial charge in [-0.1, -0.05) is 6.92 Å². The molecule has 0 aromatic heterocycles. The number of nitrogens with one attached hydrogen (secondary N) is 1.